The number of ether oxygens (including phenoxy) is 2. The molecule has 1 aromatic carbocycles. The van der Waals surface area contributed by atoms with E-state index in [0.717, 1.165) is 32.3 Å². The van der Waals surface area contributed by atoms with Gasteiger partial charge in [-0.05, 0) is 43.9 Å². The van der Waals surface area contributed by atoms with Gasteiger partial charge in [0.2, 0.25) is 5.91 Å². The summed E-state index contributed by atoms with van der Waals surface area (Å²) in [7, 11) is 0. The Labute approximate surface area is 129 Å². The zero-order chi connectivity index (χ0) is 15.4. The molecule has 0 aromatic heterocycles. The molecule has 22 heavy (non-hydrogen) atoms. The molecular formula is C16H20N2O4. The van der Waals surface area contributed by atoms with E-state index in [0.29, 0.717) is 17.9 Å². The topological polar surface area (TPSA) is 76.7 Å². The van der Waals surface area contributed by atoms with E-state index in [9.17, 15) is 9.59 Å². The lowest BCUT2D eigenvalue weighted by Gasteiger charge is -2.12. The number of carbonyl (C=O) groups is 2. The van der Waals surface area contributed by atoms with Crippen molar-refractivity contribution < 1.29 is 19.1 Å². The molecule has 1 atom stereocenters. The SMILES string of the molecule is O=C(NNC(=O)C1CC1)c1cccc(OCC2CCCO2)c1. The molecule has 118 valence electrons. The van der Waals surface area contributed by atoms with Gasteiger partial charge in [-0.3, -0.25) is 20.4 Å². The Hall–Kier alpha value is -2.08. The molecule has 2 aliphatic rings. The zero-order valence-corrected chi connectivity index (χ0v) is 12.3. The number of hydrogen-bond acceptors (Lipinski definition) is 4. The molecule has 3 rings (SSSR count). The van der Waals surface area contributed by atoms with E-state index in [2.05, 4.69) is 10.9 Å². The maximum absolute atomic E-state index is 12.0. The fourth-order valence-electron chi connectivity index (χ4n) is 2.33. The van der Waals surface area contributed by atoms with Gasteiger partial charge in [0.25, 0.3) is 5.91 Å². The van der Waals surface area contributed by atoms with Crippen LogP contribution < -0.4 is 15.6 Å². The molecule has 2 amide bonds. The van der Waals surface area contributed by atoms with Gasteiger partial charge in [-0.2, -0.15) is 0 Å². The van der Waals surface area contributed by atoms with Crippen molar-refractivity contribution in [1.82, 2.24) is 10.9 Å². The number of hydrogen-bond donors (Lipinski definition) is 2. The minimum Gasteiger partial charge on any atom is -0.491 e. The van der Waals surface area contributed by atoms with E-state index in [1.54, 1.807) is 24.3 Å². The standard InChI is InChI=1S/C16H20N2O4/c19-15(11-6-7-11)17-18-16(20)12-3-1-4-13(9-12)22-10-14-5-2-8-21-14/h1,3-4,9,11,14H,2,5-8,10H2,(H,17,19)(H,18,20). The Balaban J connectivity index is 1.50. The molecule has 6 nitrogen and oxygen atoms in total. The van der Waals surface area contributed by atoms with E-state index in [4.69, 9.17) is 9.47 Å². The van der Waals surface area contributed by atoms with Crippen molar-refractivity contribution in [3.63, 3.8) is 0 Å². The van der Waals surface area contributed by atoms with Crippen molar-refractivity contribution in [2.24, 2.45) is 5.92 Å². The highest BCUT2D eigenvalue weighted by molar-refractivity contribution is 5.96. The van der Waals surface area contributed by atoms with E-state index in [-0.39, 0.29) is 23.8 Å². The molecule has 2 N–H and O–H groups in total. The number of hydrazine groups is 1. The van der Waals surface area contributed by atoms with Crippen LogP contribution in [0.25, 0.3) is 0 Å². The number of nitrogens with one attached hydrogen (secondary N) is 2. The summed E-state index contributed by atoms with van der Waals surface area (Å²) in [5.41, 5.74) is 5.31. The summed E-state index contributed by atoms with van der Waals surface area (Å²) in [5, 5.41) is 0. The van der Waals surface area contributed by atoms with Gasteiger partial charge in [0.15, 0.2) is 0 Å². The highest BCUT2D eigenvalue weighted by Gasteiger charge is 2.29. The molecule has 1 saturated heterocycles. The highest BCUT2D eigenvalue weighted by atomic mass is 16.5. The van der Waals surface area contributed by atoms with Crippen LogP contribution in [0.15, 0.2) is 24.3 Å². The van der Waals surface area contributed by atoms with Crippen LogP contribution in [0.3, 0.4) is 0 Å². The first-order chi connectivity index (χ1) is 10.7. The van der Waals surface area contributed by atoms with Crippen LogP contribution in [0.1, 0.15) is 36.0 Å². The van der Waals surface area contributed by atoms with E-state index < -0.39 is 0 Å². The number of amides is 2. The molecule has 1 aliphatic carbocycles. The molecule has 0 spiro atoms. The van der Waals surface area contributed by atoms with Gasteiger partial charge in [-0.1, -0.05) is 6.07 Å². The molecule has 0 bridgehead atoms. The van der Waals surface area contributed by atoms with Crippen molar-refractivity contribution in [3.8, 4) is 5.75 Å². The van der Waals surface area contributed by atoms with Gasteiger partial charge in [-0.15, -0.1) is 0 Å². The largest absolute Gasteiger partial charge is 0.491 e. The molecule has 1 aromatic rings. The Morgan fingerprint density at radius 2 is 2.09 bits per heavy atom. The summed E-state index contributed by atoms with van der Waals surface area (Å²) in [5.74, 6) is 0.203. The van der Waals surface area contributed by atoms with Crippen LogP contribution in [0.5, 0.6) is 5.75 Å². The lowest BCUT2D eigenvalue weighted by Crippen LogP contribution is -2.42. The molecule has 2 fully saturated rings. The second-order valence-corrected chi connectivity index (χ2v) is 5.69. The molecular weight excluding hydrogens is 284 g/mol. The minimum absolute atomic E-state index is 0.0568. The van der Waals surface area contributed by atoms with Gasteiger partial charge in [-0.25, -0.2) is 0 Å². The Kier molecular flexibility index (Phi) is 4.58. The quantitative estimate of drug-likeness (QED) is 0.807. The summed E-state index contributed by atoms with van der Waals surface area (Å²) in [4.78, 5) is 23.5. The van der Waals surface area contributed by atoms with Crippen molar-refractivity contribution in [2.75, 3.05) is 13.2 Å². The Bertz CT molecular complexity index is 551. The number of benzene rings is 1. The Morgan fingerprint density at radius 1 is 1.23 bits per heavy atom. The van der Waals surface area contributed by atoms with Crippen molar-refractivity contribution in [3.05, 3.63) is 29.8 Å². The number of rotatable bonds is 5. The van der Waals surface area contributed by atoms with Gasteiger partial charge in [0.05, 0.1) is 6.10 Å². The maximum Gasteiger partial charge on any atom is 0.269 e. The molecule has 6 heteroatoms. The summed E-state index contributed by atoms with van der Waals surface area (Å²) in [6, 6.07) is 6.89. The summed E-state index contributed by atoms with van der Waals surface area (Å²) >= 11 is 0. The van der Waals surface area contributed by atoms with Gasteiger partial charge in [0.1, 0.15) is 12.4 Å². The van der Waals surface area contributed by atoms with Crippen LogP contribution in [0.2, 0.25) is 0 Å². The van der Waals surface area contributed by atoms with Crippen LogP contribution >= 0.6 is 0 Å². The normalized spacial score (nSPS) is 20.5. The van der Waals surface area contributed by atoms with E-state index >= 15 is 0 Å². The van der Waals surface area contributed by atoms with E-state index in [1.807, 2.05) is 0 Å². The minimum atomic E-state index is -0.350. The molecule has 1 heterocycles. The third kappa shape index (κ3) is 3.98. The fourth-order valence-corrected chi connectivity index (χ4v) is 2.33. The second-order valence-electron chi connectivity index (χ2n) is 5.69. The van der Waals surface area contributed by atoms with Crippen molar-refractivity contribution >= 4 is 11.8 Å². The van der Waals surface area contributed by atoms with Crippen LogP contribution in [0, 0.1) is 5.92 Å². The van der Waals surface area contributed by atoms with Crippen LogP contribution in [-0.4, -0.2) is 31.1 Å². The fraction of sp³-hybridized carbons (Fsp3) is 0.500. The van der Waals surface area contributed by atoms with Crippen molar-refractivity contribution in [1.29, 1.82) is 0 Å². The smallest absolute Gasteiger partial charge is 0.269 e. The maximum atomic E-state index is 12.0. The molecule has 0 radical (unpaired) electrons. The first kappa shape index (κ1) is 14.8. The van der Waals surface area contributed by atoms with Gasteiger partial charge in [0, 0.05) is 18.1 Å². The molecule has 1 aliphatic heterocycles. The lowest BCUT2D eigenvalue weighted by atomic mass is 10.2. The van der Waals surface area contributed by atoms with Crippen LogP contribution in [-0.2, 0) is 9.53 Å². The van der Waals surface area contributed by atoms with Gasteiger partial charge >= 0.3 is 0 Å². The number of carbonyl (C=O) groups excluding carboxylic acids is 2. The second kappa shape index (κ2) is 6.79. The van der Waals surface area contributed by atoms with Crippen LogP contribution in [0.4, 0.5) is 0 Å². The average Bonchev–Trinajstić information content (AvgIpc) is 3.27. The lowest BCUT2D eigenvalue weighted by molar-refractivity contribution is -0.123. The first-order valence-corrected chi connectivity index (χ1v) is 7.67. The predicted octanol–water partition coefficient (Wildman–Crippen LogP) is 1.42. The Morgan fingerprint density at radius 3 is 2.82 bits per heavy atom. The zero-order valence-electron chi connectivity index (χ0n) is 12.3. The summed E-state index contributed by atoms with van der Waals surface area (Å²) < 4.78 is 11.2. The third-order valence-electron chi connectivity index (χ3n) is 3.80. The molecule has 1 unspecified atom stereocenters. The van der Waals surface area contributed by atoms with E-state index in [1.165, 1.54) is 0 Å². The monoisotopic (exact) mass is 304 g/mol. The van der Waals surface area contributed by atoms with Gasteiger partial charge < -0.3 is 9.47 Å². The van der Waals surface area contributed by atoms with Crippen molar-refractivity contribution in [2.45, 2.75) is 31.8 Å². The molecule has 1 saturated carbocycles. The predicted molar refractivity (Wildman–Crippen MR) is 79.2 cm³/mol. The first-order valence-electron chi connectivity index (χ1n) is 7.67. The summed E-state index contributed by atoms with van der Waals surface area (Å²) in [6.07, 6.45) is 4.00. The average molecular weight is 304 g/mol. The third-order valence-corrected chi connectivity index (χ3v) is 3.80. The summed E-state index contributed by atoms with van der Waals surface area (Å²) in [6.45, 7) is 1.28. The highest BCUT2D eigenvalue weighted by Crippen LogP contribution is 2.28.